The lowest BCUT2D eigenvalue weighted by atomic mass is 9.94. The molecule has 19 heavy (non-hydrogen) atoms. The van der Waals surface area contributed by atoms with Crippen molar-refractivity contribution in [2.24, 2.45) is 11.3 Å². The fourth-order valence-electron chi connectivity index (χ4n) is 0.597. The van der Waals surface area contributed by atoms with E-state index in [0.29, 0.717) is 11.8 Å². The highest BCUT2D eigenvalue weighted by Gasteiger charge is 2.34. The summed E-state index contributed by atoms with van der Waals surface area (Å²) >= 11 is 0. The summed E-state index contributed by atoms with van der Waals surface area (Å²) in [7, 11) is 0. The maximum absolute atomic E-state index is 11.6. The summed E-state index contributed by atoms with van der Waals surface area (Å²) in [6.07, 6.45) is 0.757. The third-order valence-corrected chi connectivity index (χ3v) is 2.84. The molecule has 1 unspecified atom stereocenters. The van der Waals surface area contributed by atoms with Crippen LogP contribution in [-0.2, 0) is 0 Å². The molecular formula is C16H35F3. The number of rotatable bonds is 3. The smallest absolute Gasteiger partial charge is 0.171 e. The van der Waals surface area contributed by atoms with Crippen molar-refractivity contribution < 1.29 is 13.2 Å². The number of hydrogen-bond acceptors (Lipinski definition) is 0. The third kappa shape index (κ3) is 27.1. The topological polar surface area (TPSA) is 0 Å². The zero-order chi connectivity index (χ0) is 16.1. The van der Waals surface area contributed by atoms with Crippen LogP contribution < -0.4 is 0 Å². The Morgan fingerprint density at radius 2 is 1.11 bits per heavy atom. The molecule has 0 saturated heterocycles. The van der Waals surface area contributed by atoms with Crippen molar-refractivity contribution in [3.05, 3.63) is 0 Å². The molecule has 0 spiro atoms. The summed E-state index contributed by atoms with van der Waals surface area (Å²) in [5.41, 5.74) is 0.542. The summed E-state index contributed by atoms with van der Waals surface area (Å²) < 4.78 is 34.9. The van der Waals surface area contributed by atoms with Crippen LogP contribution in [0.4, 0.5) is 13.2 Å². The van der Waals surface area contributed by atoms with Gasteiger partial charge in [0.15, 0.2) is 0 Å². The number of hydrogen-bond donors (Lipinski definition) is 0. The Labute approximate surface area is 119 Å². The van der Waals surface area contributed by atoms with Gasteiger partial charge in [-0.1, -0.05) is 81.1 Å². The van der Waals surface area contributed by atoms with Crippen LogP contribution in [0.5, 0.6) is 0 Å². The van der Waals surface area contributed by atoms with E-state index >= 15 is 0 Å². The van der Waals surface area contributed by atoms with Crippen molar-refractivity contribution in [3.63, 3.8) is 0 Å². The van der Waals surface area contributed by atoms with E-state index in [2.05, 4.69) is 41.5 Å². The van der Waals surface area contributed by atoms with Crippen molar-refractivity contribution in [1.29, 1.82) is 0 Å². The third-order valence-electron chi connectivity index (χ3n) is 2.84. The first kappa shape index (κ1) is 23.9. The van der Waals surface area contributed by atoms with Gasteiger partial charge in [0.2, 0.25) is 0 Å². The van der Waals surface area contributed by atoms with Crippen LogP contribution in [0.2, 0.25) is 0 Å². The molecule has 0 aromatic carbocycles. The Balaban J connectivity index is -0.000000222. The predicted octanol–water partition coefficient (Wildman–Crippen LogP) is 7.23. The Bertz CT molecular complexity index is 164. The van der Waals surface area contributed by atoms with Gasteiger partial charge in [0.05, 0.1) is 5.92 Å². The van der Waals surface area contributed by atoms with E-state index < -0.39 is 12.1 Å². The highest BCUT2D eigenvalue weighted by molar-refractivity contribution is 4.60. The Morgan fingerprint density at radius 3 is 1.16 bits per heavy atom. The molecule has 0 aliphatic heterocycles. The first-order valence-electron chi connectivity index (χ1n) is 7.52. The largest absolute Gasteiger partial charge is 0.391 e. The molecule has 0 rings (SSSR count). The van der Waals surface area contributed by atoms with Crippen LogP contribution in [0.15, 0.2) is 0 Å². The van der Waals surface area contributed by atoms with Crippen LogP contribution in [0.3, 0.4) is 0 Å². The normalized spacial score (nSPS) is 12.8. The van der Waals surface area contributed by atoms with Crippen molar-refractivity contribution >= 4 is 0 Å². The molecule has 0 aliphatic rings. The highest BCUT2D eigenvalue weighted by atomic mass is 19.4. The molecule has 0 aromatic heterocycles. The number of unbranched alkanes of at least 4 members (excludes halogenated alkanes) is 1. The molecule has 0 aromatic rings. The van der Waals surface area contributed by atoms with Crippen LogP contribution in [0.1, 0.15) is 87.5 Å². The van der Waals surface area contributed by atoms with Gasteiger partial charge in [-0.15, -0.1) is 0 Å². The van der Waals surface area contributed by atoms with Gasteiger partial charge in [0, 0.05) is 0 Å². The first-order chi connectivity index (χ1) is 8.46. The maximum Gasteiger partial charge on any atom is 0.391 e. The van der Waals surface area contributed by atoms with E-state index in [-0.39, 0.29) is 6.42 Å². The van der Waals surface area contributed by atoms with Gasteiger partial charge in [-0.3, -0.25) is 0 Å². The lowest BCUT2D eigenvalue weighted by Crippen LogP contribution is -2.19. The second kappa shape index (κ2) is 12.8. The lowest BCUT2D eigenvalue weighted by Gasteiger charge is -2.13. The van der Waals surface area contributed by atoms with Crippen molar-refractivity contribution in [1.82, 2.24) is 0 Å². The standard InChI is InChI=1S/C6H11F3.C6H14.C4H10/c1-3-4-5(2)6(7,8)9;1-5-6(2,3)4;1-3-4-2/h5H,3-4H2,1-2H3;5H2,1-4H3;3-4H2,1-2H3. The minimum absolute atomic E-state index is 0.240. The molecule has 3 heteroatoms. The monoisotopic (exact) mass is 284 g/mol. The van der Waals surface area contributed by atoms with E-state index in [4.69, 9.17) is 0 Å². The van der Waals surface area contributed by atoms with E-state index in [0.717, 1.165) is 0 Å². The minimum atomic E-state index is -3.99. The van der Waals surface area contributed by atoms with Gasteiger partial charge < -0.3 is 0 Å². The van der Waals surface area contributed by atoms with Gasteiger partial charge in [-0.25, -0.2) is 0 Å². The molecule has 0 saturated carbocycles. The number of halogens is 3. The molecule has 1 atom stereocenters. The van der Waals surface area contributed by atoms with Gasteiger partial charge in [0.1, 0.15) is 0 Å². The Kier molecular flexibility index (Phi) is 16.1. The molecule has 0 radical (unpaired) electrons. The second-order valence-electron chi connectivity index (χ2n) is 6.15. The fourth-order valence-corrected chi connectivity index (χ4v) is 0.597. The maximum atomic E-state index is 11.6. The summed E-state index contributed by atoms with van der Waals surface area (Å²) in [5, 5.41) is 0. The molecule has 0 nitrogen and oxygen atoms in total. The van der Waals surface area contributed by atoms with E-state index in [1.165, 1.54) is 26.2 Å². The Morgan fingerprint density at radius 1 is 0.789 bits per heavy atom. The SMILES string of the molecule is CCC(C)(C)C.CCCC.CCCC(C)C(F)(F)F. The van der Waals surface area contributed by atoms with Crippen LogP contribution >= 0.6 is 0 Å². The van der Waals surface area contributed by atoms with Crippen LogP contribution in [-0.4, -0.2) is 6.18 Å². The van der Waals surface area contributed by atoms with Crippen LogP contribution in [0, 0.1) is 11.3 Å². The molecule has 0 bridgehead atoms. The van der Waals surface area contributed by atoms with E-state index in [1.54, 1.807) is 6.92 Å². The van der Waals surface area contributed by atoms with Crippen molar-refractivity contribution in [2.45, 2.75) is 93.7 Å². The van der Waals surface area contributed by atoms with Crippen molar-refractivity contribution in [3.8, 4) is 0 Å². The Hall–Kier alpha value is -0.210. The molecular weight excluding hydrogens is 249 g/mol. The highest BCUT2D eigenvalue weighted by Crippen LogP contribution is 2.28. The predicted molar refractivity (Wildman–Crippen MR) is 80.5 cm³/mol. The summed E-state index contributed by atoms with van der Waals surface area (Å²) in [6.45, 7) is 16.3. The van der Waals surface area contributed by atoms with Gasteiger partial charge in [0.25, 0.3) is 0 Å². The van der Waals surface area contributed by atoms with E-state index in [1.807, 2.05) is 0 Å². The molecule has 120 valence electrons. The molecule has 0 N–H and O–H groups in total. The molecule has 0 amide bonds. The summed E-state index contributed by atoms with van der Waals surface area (Å²) in [4.78, 5) is 0. The van der Waals surface area contributed by atoms with Gasteiger partial charge >= 0.3 is 6.18 Å². The van der Waals surface area contributed by atoms with Gasteiger partial charge in [-0.2, -0.15) is 13.2 Å². The number of alkyl halides is 3. The first-order valence-corrected chi connectivity index (χ1v) is 7.52. The minimum Gasteiger partial charge on any atom is -0.171 e. The fraction of sp³-hybridized carbons (Fsp3) is 1.00. The van der Waals surface area contributed by atoms with E-state index in [9.17, 15) is 13.2 Å². The molecule has 0 aliphatic carbocycles. The second-order valence-corrected chi connectivity index (χ2v) is 6.15. The summed E-state index contributed by atoms with van der Waals surface area (Å²) in [5.74, 6) is -1.14. The summed E-state index contributed by atoms with van der Waals surface area (Å²) in [6, 6.07) is 0. The lowest BCUT2D eigenvalue weighted by molar-refractivity contribution is -0.171. The molecule has 0 fully saturated rings. The van der Waals surface area contributed by atoms with Crippen molar-refractivity contribution in [2.75, 3.05) is 0 Å². The zero-order valence-electron chi connectivity index (χ0n) is 14.2. The van der Waals surface area contributed by atoms with Crippen LogP contribution in [0.25, 0.3) is 0 Å². The van der Waals surface area contributed by atoms with Gasteiger partial charge in [-0.05, 0) is 11.8 Å². The average molecular weight is 284 g/mol. The average Bonchev–Trinajstić information content (AvgIpc) is 2.28. The zero-order valence-corrected chi connectivity index (χ0v) is 14.2. The quantitative estimate of drug-likeness (QED) is 0.512. The molecule has 0 heterocycles.